The summed E-state index contributed by atoms with van der Waals surface area (Å²) in [5.41, 5.74) is 0. The molecule has 0 aromatic heterocycles. The highest BCUT2D eigenvalue weighted by Crippen LogP contribution is 2.15. The molecule has 392 valence electrons. The number of hydrogen-bond acceptors (Lipinski definition) is 6. The molecular weight excluding hydrogens is 841 g/mol. The summed E-state index contributed by atoms with van der Waals surface area (Å²) in [5.74, 6) is -0.898. The van der Waals surface area contributed by atoms with Gasteiger partial charge in [0.2, 0.25) is 0 Å². The molecule has 0 bridgehead atoms. The summed E-state index contributed by atoms with van der Waals surface area (Å²) in [5, 5.41) is 0. The maximum atomic E-state index is 12.8. The van der Waals surface area contributed by atoms with Gasteiger partial charge in [-0.05, 0) is 89.9 Å². The molecular formula is C62H108O6. The van der Waals surface area contributed by atoms with Gasteiger partial charge in [-0.1, -0.05) is 248 Å². The Morgan fingerprint density at radius 3 is 0.897 bits per heavy atom. The zero-order chi connectivity index (χ0) is 49.3. The van der Waals surface area contributed by atoms with Crippen LogP contribution in [0.4, 0.5) is 0 Å². The molecule has 0 saturated heterocycles. The van der Waals surface area contributed by atoms with Crippen LogP contribution in [0.15, 0.2) is 72.9 Å². The Hall–Kier alpha value is -3.15. The third kappa shape index (κ3) is 53.8. The van der Waals surface area contributed by atoms with Crippen LogP contribution in [0.2, 0.25) is 0 Å². The van der Waals surface area contributed by atoms with E-state index in [4.69, 9.17) is 14.2 Å². The third-order valence-electron chi connectivity index (χ3n) is 12.4. The molecule has 68 heavy (non-hydrogen) atoms. The van der Waals surface area contributed by atoms with Crippen molar-refractivity contribution in [1.82, 2.24) is 0 Å². The molecule has 0 saturated carbocycles. The molecule has 1 unspecified atom stereocenters. The molecule has 0 heterocycles. The molecule has 0 N–H and O–H groups in total. The molecule has 0 rings (SSSR count). The summed E-state index contributed by atoms with van der Waals surface area (Å²) in [4.78, 5) is 38.1. The topological polar surface area (TPSA) is 78.9 Å². The van der Waals surface area contributed by atoms with Gasteiger partial charge in [0.15, 0.2) is 6.10 Å². The largest absolute Gasteiger partial charge is 0.462 e. The highest BCUT2D eigenvalue weighted by Gasteiger charge is 2.19. The van der Waals surface area contributed by atoms with Crippen LogP contribution >= 0.6 is 0 Å². The van der Waals surface area contributed by atoms with E-state index in [1.54, 1.807) is 0 Å². The number of unbranched alkanes of at least 4 members (excludes halogenated alkanes) is 29. The fourth-order valence-electron chi connectivity index (χ4n) is 8.11. The van der Waals surface area contributed by atoms with Crippen LogP contribution in [0.25, 0.3) is 0 Å². The minimum atomic E-state index is -0.784. The maximum Gasteiger partial charge on any atom is 0.306 e. The first-order valence-electron chi connectivity index (χ1n) is 28.9. The Morgan fingerprint density at radius 1 is 0.309 bits per heavy atom. The number of ether oxygens (including phenoxy) is 3. The maximum absolute atomic E-state index is 12.8. The molecule has 6 heteroatoms. The molecule has 6 nitrogen and oxygen atoms in total. The molecule has 0 aromatic carbocycles. The average molecular weight is 950 g/mol. The van der Waals surface area contributed by atoms with Crippen molar-refractivity contribution in [1.29, 1.82) is 0 Å². The monoisotopic (exact) mass is 949 g/mol. The van der Waals surface area contributed by atoms with E-state index in [9.17, 15) is 14.4 Å². The van der Waals surface area contributed by atoms with Gasteiger partial charge in [0.25, 0.3) is 0 Å². The van der Waals surface area contributed by atoms with Gasteiger partial charge in [-0.2, -0.15) is 0 Å². The first-order valence-corrected chi connectivity index (χ1v) is 28.9. The molecule has 0 aliphatic heterocycles. The number of esters is 3. The van der Waals surface area contributed by atoms with Crippen molar-refractivity contribution in [2.45, 2.75) is 290 Å². The molecule has 0 aromatic rings. The van der Waals surface area contributed by atoms with E-state index in [0.717, 1.165) is 109 Å². The van der Waals surface area contributed by atoms with Crippen molar-refractivity contribution in [3.63, 3.8) is 0 Å². The Labute approximate surface area is 421 Å². The van der Waals surface area contributed by atoms with E-state index >= 15 is 0 Å². The van der Waals surface area contributed by atoms with Crippen molar-refractivity contribution >= 4 is 17.9 Å². The number of allylic oxidation sites excluding steroid dienone is 12. The summed E-state index contributed by atoms with van der Waals surface area (Å²) in [6.45, 7) is 6.50. The smallest absolute Gasteiger partial charge is 0.306 e. The first kappa shape index (κ1) is 64.8. The lowest BCUT2D eigenvalue weighted by Gasteiger charge is -2.18. The van der Waals surface area contributed by atoms with E-state index in [-0.39, 0.29) is 31.1 Å². The summed E-state index contributed by atoms with van der Waals surface area (Å²) >= 11 is 0. The van der Waals surface area contributed by atoms with Gasteiger partial charge in [0.1, 0.15) is 13.2 Å². The van der Waals surface area contributed by atoms with E-state index in [1.807, 2.05) is 0 Å². The van der Waals surface area contributed by atoms with Crippen LogP contribution in [-0.2, 0) is 28.6 Å². The van der Waals surface area contributed by atoms with Crippen LogP contribution in [0.5, 0.6) is 0 Å². The van der Waals surface area contributed by atoms with Crippen LogP contribution < -0.4 is 0 Å². The van der Waals surface area contributed by atoms with E-state index in [2.05, 4.69) is 93.7 Å². The highest BCUT2D eigenvalue weighted by atomic mass is 16.6. The van der Waals surface area contributed by atoms with Crippen molar-refractivity contribution < 1.29 is 28.6 Å². The van der Waals surface area contributed by atoms with E-state index < -0.39 is 6.10 Å². The summed E-state index contributed by atoms with van der Waals surface area (Å²) in [6.07, 6.45) is 71.9. The zero-order valence-corrected chi connectivity index (χ0v) is 44.9. The standard InChI is InChI=1S/C62H108O6/c1-4-7-10-13-16-19-22-24-26-27-28-29-30-31-32-33-34-35-37-38-40-43-46-49-52-55-61(64)67-58-59(57-66-60(63)54-51-48-45-42-21-18-15-12-9-6-3)68-62(65)56-53-50-47-44-41-39-36-25-23-20-17-14-11-8-5-2/h8,11,17,20,22,24-25,27-28,30-31,36,59H,4-7,9-10,12-16,18-19,21,23,26,29,32-35,37-58H2,1-3H3/b11-8-,20-17-,24-22-,28-27-,31-30-,36-25-. The third-order valence-corrected chi connectivity index (χ3v) is 12.4. The van der Waals surface area contributed by atoms with Gasteiger partial charge in [-0.15, -0.1) is 0 Å². The summed E-state index contributed by atoms with van der Waals surface area (Å²) in [7, 11) is 0. The summed E-state index contributed by atoms with van der Waals surface area (Å²) < 4.78 is 16.8. The Morgan fingerprint density at radius 2 is 0.574 bits per heavy atom. The molecule has 0 amide bonds. The van der Waals surface area contributed by atoms with E-state index in [1.165, 1.54) is 135 Å². The minimum Gasteiger partial charge on any atom is -0.462 e. The molecule has 1 atom stereocenters. The fraction of sp³-hybridized carbons (Fsp3) is 0.758. The lowest BCUT2D eigenvalue weighted by atomic mass is 10.1. The number of rotatable bonds is 52. The molecule has 0 aliphatic rings. The van der Waals surface area contributed by atoms with Gasteiger partial charge in [0, 0.05) is 19.3 Å². The van der Waals surface area contributed by atoms with Gasteiger partial charge >= 0.3 is 17.9 Å². The second kappa shape index (κ2) is 56.4. The van der Waals surface area contributed by atoms with Gasteiger partial charge in [0.05, 0.1) is 0 Å². The van der Waals surface area contributed by atoms with Crippen molar-refractivity contribution in [3.05, 3.63) is 72.9 Å². The predicted octanol–water partition coefficient (Wildman–Crippen LogP) is 19.4. The predicted molar refractivity (Wildman–Crippen MR) is 293 cm³/mol. The molecule has 0 fully saturated rings. The zero-order valence-electron chi connectivity index (χ0n) is 44.9. The Kier molecular flexibility index (Phi) is 53.8. The number of hydrogen-bond donors (Lipinski definition) is 0. The minimum absolute atomic E-state index is 0.0818. The van der Waals surface area contributed by atoms with Crippen LogP contribution in [0.3, 0.4) is 0 Å². The average Bonchev–Trinajstić information content (AvgIpc) is 3.34. The first-order chi connectivity index (χ1) is 33.5. The van der Waals surface area contributed by atoms with Crippen molar-refractivity contribution in [2.75, 3.05) is 13.2 Å². The van der Waals surface area contributed by atoms with Crippen molar-refractivity contribution in [2.24, 2.45) is 0 Å². The number of carbonyl (C=O) groups excluding carboxylic acids is 3. The molecule has 0 spiro atoms. The van der Waals surface area contributed by atoms with Crippen LogP contribution in [0.1, 0.15) is 284 Å². The normalized spacial score (nSPS) is 12.6. The molecule has 0 aliphatic carbocycles. The van der Waals surface area contributed by atoms with Crippen LogP contribution in [0, 0.1) is 0 Å². The van der Waals surface area contributed by atoms with Crippen molar-refractivity contribution in [3.8, 4) is 0 Å². The van der Waals surface area contributed by atoms with Crippen LogP contribution in [-0.4, -0.2) is 37.2 Å². The quantitative estimate of drug-likeness (QED) is 0.0262. The Bertz CT molecular complexity index is 1270. The SMILES string of the molecule is CC/C=C\C/C=C\C/C=C\CCCCCCCC(=O)OC(COC(=O)CCCCCCCCCCCC)COC(=O)CCCCCCCCCCCC/C=C\C/C=C\C/C=C\CCCCCCC. The summed E-state index contributed by atoms with van der Waals surface area (Å²) in [6, 6.07) is 0. The lowest BCUT2D eigenvalue weighted by molar-refractivity contribution is -0.167. The number of carbonyl (C=O) groups is 3. The van der Waals surface area contributed by atoms with Gasteiger partial charge in [-0.25, -0.2) is 0 Å². The Balaban J connectivity index is 4.26. The highest BCUT2D eigenvalue weighted by molar-refractivity contribution is 5.71. The fourth-order valence-corrected chi connectivity index (χ4v) is 8.11. The lowest BCUT2D eigenvalue weighted by Crippen LogP contribution is -2.30. The van der Waals surface area contributed by atoms with E-state index in [0.29, 0.717) is 19.3 Å². The van der Waals surface area contributed by atoms with Gasteiger partial charge < -0.3 is 14.2 Å². The van der Waals surface area contributed by atoms with Gasteiger partial charge in [-0.3, -0.25) is 14.4 Å². The molecule has 0 radical (unpaired) electrons. The second-order valence-corrected chi connectivity index (χ2v) is 19.2. The second-order valence-electron chi connectivity index (χ2n) is 19.2.